The predicted molar refractivity (Wildman–Crippen MR) is 136 cm³/mol. The predicted octanol–water partition coefficient (Wildman–Crippen LogP) is 5.05. The molecule has 8 heteroatoms. The van der Waals surface area contributed by atoms with Gasteiger partial charge >= 0.3 is 0 Å². The summed E-state index contributed by atoms with van der Waals surface area (Å²) >= 11 is 1.36. The Morgan fingerprint density at radius 1 is 0.912 bits per heavy atom. The fourth-order valence-electron chi connectivity index (χ4n) is 3.63. The number of aromatic nitrogens is 1. The molecular weight excluding hydrogens is 450 g/mol. The van der Waals surface area contributed by atoms with Crippen LogP contribution in [0.25, 0.3) is 11.8 Å². The van der Waals surface area contributed by atoms with E-state index in [1.807, 2.05) is 73.7 Å². The van der Waals surface area contributed by atoms with Gasteiger partial charge in [0.2, 0.25) is 0 Å². The molecule has 1 fully saturated rings. The second kappa shape index (κ2) is 10.6. The summed E-state index contributed by atoms with van der Waals surface area (Å²) in [6, 6.07) is 19.3. The van der Waals surface area contributed by atoms with Crippen LogP contribution in [0.15, 0.2) is 70.6 Å². The number of thioether (sulfide) groups is 1. The Morgan fingerprint density at radius 2 is 1.56 bits per heavy atom. The molecule has 1 aliphatic rings. The molecular formula is C26H27N3O4S. The maximum Gasteiger partial charge on any atom is 0.266 e. The summed E-state index contributed by atoms with van der Waals surface area (Å²) in [6.45, 7) is 2.88. The molecule has 176 valence electrons. The van der Waals surface area contributed by atoms with Crippen LogP contribution in [0.4, 0.5) is 5.69 Å². The Labute approximate surface area is 203 Å². The quantitative estimate of drug-likeness (QED) is 0.425. The van der Waals surface area contributed by atoms with Crippen molar-refractivity contribution in [2.45, 2.75) is 6.92 Å². The molecule has 1 aromatic heterocycles. The van der Waals surface area contributed by atoms with E-state index < -0.39 is 0 Å². The molecule has 4 rings (SSSR count). The van der Waals surface area contributed by atoms with Gasteiger partial charge in [-0.2, -0.15) is 0 Å². The molecule has 1 amide bonds. The summed E-state index contributed by atoms with van der Waals surface area (Å²) in [5.74, 6) is 1.46. The van der Waals surface area contributed by atoms with Crippen molar-refractivity contribution in [3.8, 4) is 17.2 Å². The van der Waals surface area contributed by atoms with Crippen molar-refractivity contribution in [2.75, 3.05) is 34.5 Å². The van der Waals surface area contributed by atoms with Gasteiger partial charge in [0.25, 0.3) is 5.91 Å². The number of carbonyl (C=O) groups excluding carboxylic acids is 1. The van der Waals surface area contributed by atoms with Crippen LogP contribution in [0.5, 0.6) is 11.5 Å². The molecule has 0 atom stereocenters. The van der Waals surface area contributed by atoms with Gasteiger partial charge in [0.1, 0.15) is 11.5 Å². The van der Waals surface area contributed by atoms with E-state index in [1.54, 1.807) is 26.2 Å². The number of amides is 1. The molecule has 1 aliphatic heterocycles. The van der Waals surface area contributed by atoms with Crippen LogP contribution >= 0.6 is 11.8 Å². The van der Waals surface area contributed by atoms with Gasteiger partial charge in [-0.3, -0.25) is 9.69 Å². The molecule has 3 aromatic rings. The van der Waals surface area contributed by atoms with Crippen LogP contribution in [0.1, 0.15) is 11.4 Å². The van der Waals surface area contributed by atoms with Gasteiger partial charge < -0.3 is 18.8 Å². The summed E-state index contributed by atoms with van der Waals surface area (Å²) in [7, 11) is 4.89. The number of amidine groups is 1. The molecule has 0 saturated carbocycles. The highest BCUT2D eigenvalue weighted by Crippen LogP contribution is 2.35. The zero-order valence-corrected chi connectivity index (χ0v) is 20.5. The lowest BCUT2D eigenvalue weighted by atomic mass is 10.2. The molecule has 0 aliphatic carbocycles. The summed E-state index contributed by atoms with van der Waals surface area (Å²) in [5.41, 5.74) is 3.72. The fourth-order valence-corrected chi connectivity index (χ4v) is 4.64. The van der Waals surface area contributed by atoms with Crippen molar-refractivity contribution >= 4 is 34.6 Å². The Morgan fingerprint density at radius 3 is 2.18 bits per heavy atom. The Kier molecular flexibility index (Phi) is 7.40. The number of nitrogens with zero attached hydrogens (tertiary/aromatic N) is 3. The van der Waals surface area contributed by atoms with Crippen molar-refractivity contribution in [2.24, 2.45) is 4.99 Å². The molecule has 0 bridgehead atoms. The standard InChI is InChI=1S/C26H27N3O4S/c1-18-5-8-21(29(18)20-9-13-23(33-4)14-10-20)17-24-25(30)28(15-16-31-2)26(34-24)27-19-6-11-22(32-3)12-7-19/h5-14,17H,15-16H2,1-4H3/b24-17-,27-26?. The van der Waals surface area contributed by atoms with Gasteiger partial charge in [0.15, 0.2) is 5.17 Å². The van der Waals surface area contributed by atoms with Gasteiger partial charge in [0, 0.05) is 24.2 Å². The molecule has 1 saturated heterocycles. The van der Waals surface area contributed by atoms with Gasteiger partial charge in [-0.1, -0.05) is 0 Å². The third kappa shape index (κ3) is 5.03. The van der Waals surface area contributed by atoms with Crippen molar-refractivity contribution in [1.82, 2.24) is 9.47 Å². The first-order chi connectivity index (χ1) is 16.5. The molecule has 0 N–H and O–H groups in total. The zero-order chi connectivity index (χ0) is 24.1. The number of carbonyl (C=O) groups is 1. The monoisotopic (exact) mass is 477 g/mol. The zero-order valence-electron chi connectivity index (χ0n) is 19.6. The third-order valence-corrected chi connectivity index (χ3v) is 6.43. The minimum absolute atomic E-state index is 0.0885. The van der Waals surface area contributed by atoms with Crippen LogP contribution in [0.3, 0.4) is 0 Å². The summed E-state index contributed by atoms with van der Waals surface area (Å²) in [5, 5.41) is 0.623. The second-order valence-corrected chi connectivity index (χ2v) is 8.59. The van der Waals surface area contributed by atoms with Gasteiger partial charge in [-0.15, -0.1) is 0 Å². The first-order valence-corrected chi connectivity index (χ1v) is 11.6. The number of methoxy groups -OCH3 is 3. The van der Waals surface area contributed by atoms with Crippen LogP contribution < -0.4 is 9.47 Å². The molecule has 0 spiro atoms. The maximum absolute atomic E-state index is 13.3. The van der Waals surface area contributed by atoms with Crippen molar-refractivity contribution in [1.29, 1.82) is 0 Å². The van der Waals surface area contributed by atoms with Crippen molar-refractivity contribution in [3.63, 3.8) is 0 Å². The number of benzene rings is 2. The molecule has 0 unspecified atom stereocenters. The van der Waals surface area contributed by atoms with E-state index in [2.05, 4.69) is 4.57 Å². The van der Waals surface area contributed by atoms with Gasteiger partial charge in [-0.05, 0) is 85.4 Å². The Hall–Kier alpha value is -3.49. The van der Waals surface area contributed by atoms with Crippen LogP contribution in [0, 0.1) is 6.92 Å². The van der Waals surface area contributed by atoms with E-state index in [0.717, 1.165) is 34.3 Å². The minimum atomic E-state index is -0.0885. The van der Waals surface area contributed by atoms with E-state index in [-0.39, 0.29) is 5.91 Å². The summed E-state index contributed by atoms with van der Waals surface area (Å²) in [4.78, 5) is 20.3. The summed E-state index contributed by atoms with van der Waals surface area (Å²) < 4.78 is 17.8. The van der Waals surface area contributed by atoms with Crippen molar-refractivity contribution in [3.05, 3.63) is 77.0 Å². The number of aryl methyl sites for hydroxylation is 1. The number of rotatable bonds is 8. The topological polar surface area (TPSA) is 65.3 Å². The minimum Gasteiger partial charge on any atom is -0.497 e. The van der Waals surface area contributed by atoms with Gasteiger partial charge in [-0.25, -0.2) is 4.99 Å². The maximum atomic E-state index is 13.3. The Balaban J connectivity index is 1.68. The third-order valence-electron chi connectivity index (χ3n) is 5.42. The number of hydrogen-bond acceptors (Lipinski definition) is 6. The van der Waals surface area contributed by atoms with E-state index >= 15 is 0 Å². The van der Waals surface area contributed by atoms with Crippen molar-refractivity contribution < 1.29 is 19.0 Å². The van der Waals surface area contributed by atoms with E-state index in [4.69, 9.17) is 19.2 Å². The second-order valence-electron chi connectivity index (χ2n) is 7.59. The van der Waals surface area contributed by atoms with Crippen LogP contribution in [-0.4, -0.2) is 55.0 Å². The Bertz CT molecular complexity index is 1210. The average molecular weight is 478 g/mol. The smallest absolute Gasteiger partial charge is 0.266 e. The number of aliphatic imine (C=N–C) groups is 1. The highest BCUT2D eigenvalue weighted by Gasteiger charge is 2.33. The van der Waals surface area contributed by atoms with E-state index in [0.29, 0.717) is 23.2 Å². The molecule has 7 nitrogen and oxygen atoms in total. The average Bonchev–Trinajstić information content (AvgIpc) is 3.37. The fraction of sp³-hybridized carbons (Fsp3) is 0.231. The largest absolute Gasteiger partial charge is 0.497 e. The van der Waals surface area contributed by atoms with E-state index in [9.17, 15) is 4.79 Å². The first-order valence-electron chi connectivity index (χ1n) is 10.8. The number of ether oxygens (including phenoxy) is 3. The number of hydrogen-bond donors (Lipinski definition) is 0. The van der Waals surface area contributed by atoms with Gasteiger partial charge in [0.05, 0.1) is 38.0 Å². The normalized spacial score (nSPS) is 16.0. The highest BCUT2D eigenvalue weighted by molar-refractivity contribution is 8.18. The lowest BCUT2D eigenvalue weighted by Gasteiger charge is -2.14. The van der Waals surface area contributed by atoms with Crippen LogP contribution in [0.2, 0.25) is 0 Å². The molecule has 2 heterocycles. The SMILES string of the molecule is COCCN1C(=O)/C(=C/c2ccc(C)n2-c2ccc(OC)cc2)SC1=Nc1ccc(OC)cc1. The van der Waals surface area contributed by atoms with E-state index in [1.165, 1.54) is 11.8 Å². The van der Waals surface area contributed by atoms with Crippen LogP contribution in [-0.2, 0) is 9.53 Å². The lowest BCUT2D eigenvalue weighted by Crippen LogP contribution is -2.32. The summed E-state index contributed by atoms with van der Waals surface area (Å²) in [6.07, 6.45) is 1.92. The molecule has 34 heavy (non-hydrogen) atoms. The first kappa shape index (κ1) is 23.7. The lowest BCUT2D eigenvalue weighted by molar-refractivity contribution is -0.122. The highest BCUT2D eigenvalue weighted by atomic mass is 32.2. The molecule has 2 aromatic carbocycles. The molecule has 0 radical (unpaired) electrons.